The maximum Gasteiger partial charge on any atom is 0.174 e. The van der Waals surface area contributed by atoms with E-state index in [0.29, 0.717) is 11.7 Å². The molecule has 21 heavy (non-hydrogen) atoms. The third kappa shape index (κ3) is 3.05. The molecule has 6 nitrogen and oxygen atoms in total. The van der Waals surface area contributed by atoms with Crippen LogP contribution in [0.25, 0.3) is 5.82 Å². The summed E-state index contributed by atoms with van der Waals surface area (Å²) >= 11 is 0. The molecule has 1 fully saturated rings. The maximum absolute atomic E-state index is 9.85. The van der Waals surface area contributed by atoms with E-state index in [2.05, 4.69) is 20.4 Å². The number of aromatic nitrogens is 4. The highest BCUT2D eigenvalue weighted by Crippen LogP contribution is 2.25. The van der Waals surface area contributed by atoms with Crippen LogP contribution in [0.1, 0.15) is 30.7 Å². The van der Waals surface area contributed by atoms with Crippen LogP contribution in [0.5, 0.6) is 0 Å². The van der Waals surface area contributed by atoms with Gasteiger partial charge >= 0.3 is 0 Å². The molecular formula is C15H21N5O. The second-order valence-corrected chi connectivity index (χ2v) is 5.74. The fourth-order valence-corrected chi connectivity index (χ4v) is 2.89. The van der Waals surface area contributed by atoms with Gasteiger partial charge in [-0.3, -0.25) is 4.98 Å². The van der Waals surface area contributed by atoms with E-state index in [4.69, 9.17) is 0 Å². The standard InChI is InChI=1S/C15H21N5O/c1-10-6-11(2)20(19-10)15-9-16-8-14(18-15)17-7-12-4-3-5-13(12)21/h6,8-9,12-13,21H,3-5,7H2,1-2H3,(H,17,18). The summed E-state index contributed by atoms with van der Waals surface area (Å²) in [6, 6.07) is 2.01. The molecule has 0 bridgehead atoms. The number of aliphatic hydroxyl groups excluding tert-OH is 1. The largest absolute Gasteiger partial charge is 0.393 e. The van der Waals surface area contributed by atoms with Crippen molar-refractivity contribution >= 4 is 5.82 Å². The van der Waals surface area contributed by atoms with Gasteiger partial charge in [0.25, 0.3) is 0 Å². The lowest BCUT2D eigenvalue weighted by Gasteiger charge is -2.15. The quantitative estimate of drug-likeness (QED) is 0.897. The Hall–Kier alpha value is -1.95. The van der Waals surface area contributed by atoms with Crippen LogP contribution in [0.4, 0.5) is 5.82 Å². The zero-order valence-electron chi connectivity index (χ0n) is 12.5. The fourth-order valence-electron chi connectivity index (χ4n) is 2.89. The van der Waals surface area contributed by atoms with E-state index in [9.17, 15) is 5.11 Å². The monoisotopic (exact) mass is 287 g/mol. The van der Waals surface area contributed by atoms with Crippen LogP contribution in [0.3, 0.4) is 0 Å². The molecule has 2 aromatic rings. The van der Waals surface area contributed by atoms with Crippen molar-refractivity contribution < 1.29 is 5.11 Å². The third-order valence-electron chi connectivity index (χ3n) is 4.01. The summed E-state index contributed by atoms with van der Waals surface area (Å²) in [6.45, 7) is 4.69. The first-order valence-corrected chi connectivity index (χ1v) is 7.41. The van der Waals surface area contributed by atoms with E-state index in [1.165, 1.54) is 0 Å². The summed E-state index contributed by atoms with van der Waals surface area (Å²) in [6.07, 6.45) is 6.30. The van der Waals surface area contributed by atoms with Gasteiger partial charge in [0, 0.05) is 18.2 Å². The molecule has 3 rings (SSSR count). The summed E-state index contributed by atoms with van der Waals surface area (Å²) in [7, 11) is 0. The van der Waals surface area contributed by atoms with Gasteiger partial charge in [-0.2, -0.15) is 5.10 Å². The lowest BCUT2D eigenvalue weighted by Crippen LogP contribution is -2.22. The first-order valence-electron chi connectivity index (χ1n) is 7.41. The van der Waals surface area contributed by atoms with Crippen molar-refractivity contribution in [2.24, 2.45) is 5.92 Å². The predicted molar refractivity (Wildman–Crippen MR) is 80.5 cm³/mol. The summed E-state index contributed by atoms with van der Waals surface area (Å²) in [4.78, 5) is 8.78. The number of anilines is 1. The van der Waals surface area contributed by atoms with E-state index in [1.807, 2.05) is 19.9 Å². The highest BCUT2D eigenvalue weighted by atomic mass is 16.3. The fraction of sp³-hybridized carbons (Fsp3) is 0.533. The second-order valence-electron chi connectivity index (χ2n) is 5.74. The lowest BCUT2D eigenvalue weighted by molar-refractivity contribution is 0.138. The SMILES string of the molecule is Cc1cc(C)n(-c2cncc(NCC3CCCC3O)n2)n1. The minimum Gasteiger partial charge on any atom is -0.393 e. The Morgan fingerprint density at radius 1 is 1.33 bits per heavy atom. The van der Waals surface area contributed by atoms with Crippen molar-refractivity contribution in [1.82, 2.24) is 19.7 Å². The van der Waals surface area contributed by atoms with Crippen LogP contribution < -0.4 is 5.32 Å². The normalized spacial score (nSPS) is 21.7. The van der Waals surface area contributed by atoms with Crippen LogP contribution in [-0.4, -0.2) is 37.5 Å². The van der Waals surface area contributed by atoms with E-state index >= 15 is 0 Å². The van der Waals surface area contributed by atoms with Gasteiger partial charge in [0.05, 0.1) is 24.2 Å². The summed E-state index contributed by atoms with van der Waals surface area (Å²) < 4.78 is 1.79. The first kappa shape index (κ1) is 14.0. The Kier molecular flexibility index (Phi) is 3.88. The lowest BCUT2D eigenvalue weighted by atomic mass is 10.1. The van der Waals surface area contributed by atoms with E-state index in [1.54, 1.807) is 17.1 Å². The number of aryl methyl sites for hydroxylation is 2. The highest BCUT2D eigenvalue weighted by molar-refractivity contribution is 5.36. The van der Waals surface area contributed by atoms with Gasteiger partial charge in [-0.25, -0.2) is 9.67 Å². The average molecular weight is 287 g/mol. The molecule has 6 heteroatoms. The number of nitrogens with one attached hydrogen (secondary N) is 1. The minimum atomic E-state index is -0.190. The van der Waals surface area contributed by atoms with Crippen molar-refractivity contribution in [3.8, 4) is 5.82 Å². The number of rotatable bonds is 4. The van der Waals surface area contributed by atoms with Crippen LogP contribution in [0, 0.1) is 19.8 Å². The van der Waals surface area contributed by atoms with E-state index in [0.717, 1.165) is 43.0 Å². The Bertz CT molecular complexity index is 624. The number of hydrogen-bond donors (Lipinski definition) is 2. The molecule has 0 saturated heterocycles. The van der Waals surface area contributed by atoms with Gasteiger partial charge in [0.15, 0.2) is 5.82 Å². The molecule has 2 N–H and O–H groups in total. The molecule has 1 saturated carbocycles. The van der Waals surface area contributed by atoms with Gasteiger partial charge < -0.3 is 10.4 Å². The van der Waals surface area contributed by atoms with Crippen LogP contribution in [0.15, 0.2) is 18.5 Å². The zero-order chi connectivity index (χ0) is 14.8. The van der Waals surface area contributed by atoms with Crippen molar-refractivity contribution in [2.75, 3.05) is 11.9 Å². The van der Waals surface area contributed by atoms with Crippen molar-refractivity contribution in [2.45, 2.75) is 39.2 Å². The van der Waals surface area contributed by atoms with Crippen LogP contribution in [-0.2, 0) is 0 Å². The summed E-state index contributed by atoms with van der Waals surface area (Å²) in [5.41, 5.74) is 1.99. The molecule has 0 amide bonds. The van der Waals surface area contributed by atoms with Crippen molar-refractivity contribution in [3.63, 3.8) is 0 Å². The molecular weight excluding hydrogens is 266 g/mol. The number of aliphatic hydroxyl groups is 1. The molecule has 1 aliphatic rings. The Balaban J connectivity index is 1.72. The van der Waals surface area contributed by atoms with Crippen molar-refractivity contribution in [1.29, 1.82) is 0 Å². The van der Waals surface area contributed by atoms with Crippen LogP contribution >= 0.6 is 0 Å². The molecule has 2 aromatic heterocycles. The number of hydrogen-bond acceptors (Lipinski definition) is 5. The molecule has 2 unspecified atom stereocenters. The molecule has 0 spiro atoms. The molecule has 0 radical (unpaired) electrons. The third-order valence-corrected chi connectivity index (χ3v) is 4.01. The van der Waals surface area contributed by atoms with Gasteiger partial charge in [-0.05, 0) is 32.8 Å². The highest BCUT2D eigenvalue weighted by Gasteiger charge is 2.24. The molecule has 2 heterocycles. The molecule has 0 aromatic carbocycles. The molecule has 1 aliphatic carbocycles. The smallest absolute Gasteiger partial charge is 0.174 e. The zero-order valence-corrected chi connectivity index (χ0v) is 12.5. The van der Waals surface area contributed by atoms with E-state index in [-0.39, 0.29) is 6.10 Å². The van der Waals surface area contributed by atoms with Gasteiger partial charge in [0.2, 0.25) is 0 Å². The van der Waals surface area contributed by atoms with Gasteiger partial charge in [-0.15, -0.1) is 0 Å². The first-order chi connectivity index (χ1) is 10.1. The number of nitrogens with zero attached hydrogens (tertiary/aromatic N) is 4. The average Bonchev–Trinajstić information content (AvgIpc) is 3.02. The minimum absolute atomic E-state index is 0.190. The Morgan fingerprint density at radius 3 is 2.86 bits per heavy atom. The van der Waals surface area contributed by atoms with Crippen LogP contribution in [0.2, 0.25) is 0 Å². The molecule has 112 valence electrons. The molecule has 2 atom stereocenters. The van der Waals surface area contributed by atoms with Crippen molar-refractivity contribution in [3.05, 3.63) is 29.8 Å². The van der Waals surface area contributed by atoms with Gasteiger partial charge in [0.1, 0.15) is 5.82 Å². The summed E-state index contributed by atoms with van der Waals surface area (Å²) in [5, 5.41) is 17.5. The van der Waals surface area contributed by atoms with Gasteiger partial charge in [-0.1, -0.05) is 6.42 Å². The Morgan fingerprint density at radius 2 is 2.19 bits per heavy atom. The maximum atomic E-state index is 9.85. The van der Waals surface area contributed by atoms with E-state index < -0.39 is 0 Å². The Labute approximate surface area is 124 Å². The summed E-state index contributed by atoms with van der Waals surface area (Å²) in [5.74, 6) is 1.74. The predicted octanol–water partition coefficient (Wildman–Crippen LogP) is 1.85. The topological polar surface area (TPSA) is 75.9 Å². The molecule has 0 aliphatic heterocycles. The second kappa shape index (κ2) is 5.81.